The molecule has 0 bridgehead atoms. The number of carbonyl (C=O) groups is 1. The van der Waals surface area contributed by atoms with Crippen molar-refractivity contribution in [2.24, 2.45) is 0 Å². The predicted octanol–water partition coefficient (Wildman–Crippen LogP) is 4.31. The highest BCUT2D eigenvalue weighted by molar-refractivity contribution is 5.97. The third-order valence-electron chi connectivity index (χ3n) is 4.02. The van der Waals surface area contributed by atoms with E-state index in [0.29, 0.717) is 11.5 Å². The molecule has 0 aliphatic heterocycles. The molecule has 1 saturated carbocycles. The molecule has 1 fully saturated rings. The summed E-state index contributed by atoms with van der Waals surface area (Å²) < 4.78 is 11.2. The quantitative estimate of drug-likeness (QED) is 0.914. The van der Waals surface area contributed by atoms with Crippen molar-refractivity contribution in [3.05, 3.63) is 29.0 Å². The van der Waals surface area contributed by atoms with Crippen LogP contribution in [0.25, 0.3) is 11.0 Å². The molecule has 1 aromatic heterocycles. The van der Waals surface area contributed by atoms with Crippen LogP contribution in [0.5, 0.6) is 5.75 Å². The van der Waals surface area contributed by atoms with E-state index < -0.39 is 5.97 Å². The van der Waals surface area contributed by atoms with Gasteiger partial charge >= 0.3 is 5.97 Å². The first kappa shape index (κ1) is 14.0. The molecule has 0 saturated heterocycles. The van der Waals surface area contributed by atoms with Crippen molar-refractivity contribution in [2.75, 3.05) is 7.11 Å². The van der Waals surface area contributed by atoms with Crippen LogP contribution in [0.2, 0.25) is 0 Å². The van der Waals surface area contributed by atoms with E-state index in [-0.39, 0.29) is 11.2 Å². The summed E-state index contributed by atoms with van der Waals surface area (Å²) in [7, 11) is 1.63. The predicted molar refractivity (Wildman–Crippen MR) is 80.4 cm³/mol. The van der Waals surface area contributed by atoms with Crippen molar-refractivity contribution in [2.45, 2.75) is 44.9 Å². The fourth-order valence-electron chi connectivity index (χ4n) is 2.80. The first-order valence-electron chi connectivity index (χ1n) is 7.21. The van der Waals surface area contributed by atoms with E-state index >= 15 is 0 Å². The van der Waals surface area contributed by atoms with Crippen LogP contribution < -0.4 is 4.74 Å². The Morgan fingerprint density at radius 2 is 2.00 bits per heavy atom. The molecule has 0 unspecified atom stereocenters. The number of methoxy groups -OCH3 is 1. The zero-order valence-electron chi connectivity index (χ0n) is 12.8. The van der Waals surface area contributed by atoms with Crippen molar-refractivity contribution < 1.29 is 19.1 Å². The molecule has 1 aliphatic rings. The Bertz CT molecular complexity index is 714. The number of aromatic carboxylic acids is 1. The fourth-order valence-corrected chi connectivity index (χ4v) is 2.80. The van der Waals surface area contributed by atoms with Crippen LogP contribution in [0.1, 0.15) is 61.2 Å². The number of fused-ring (bicyclic) bond motifs is 1. The van der Waals surface area contributed by atoms with E-state index in [4.69, 9.17) is 9.15 Å². The van der Waals surface area contributed by atoms with Gasteiger partial charge in [-0.05, 0) is 36.3 Å². The maximum atomic E-state index is 11.5. The summed E-state index contributed by atoms with van der Waals surface area (Å²) in [6.45, 7) is 6.25. The lowest BCUT2D eigenvalue weighted by Crippen LogP contribution is -2.11. The van der Waals surface area contributed by atoms with E-state index in [2.05, 4.69) is 20.8 Å². The molecule has 4 nitrogen and oxygen atoms in total. The number of benzene rings is 1. The van der Waals surface area contributed by atoms with Gasteiger partial charge in [-0.3, -0.25) is 0 Å². The highest BCUT2D eigenvalue weighted by Crippen LogP contribution is 2.48. The molecule has 0 atom stereocenters. The number of ether oxygens (including phenoxy) is 1. The molecule has 0 radical (unpaired) electrons. The number of rotatable bonds is 3. The van der Waals surface area contributed by atoms with Crippen LogP contribution in [0.4, 0.5) is 0 Å². The summed E-state index contributed by atoms with van der Waals surface area (Å²) in [6.07, 6.45) is 2.05. The summed E-state index contributed by atoms with van der Waals surface area (Å²) in [6, 6.07) is 3.84. The summed E-state index contributed by atoms with van der Waals surface area (Å²) in [4.78, 5) is 11.5. The van der Waals surface area contributed by atoms with E-state index in [0.717, 1.165) is 35.1 Å². The summed E-state index contributed by atoms with van der Waals surface area (Å²) in [5.41, 5.74) is 2.34. The second kappa shape index (κ2) is 4.52. The first-order valence-corrected chi connectivity index (χ1v) is 7.21. The topological polar surface area (TPSA) is 59.7 Å². The van der Waals surface area contributed by atoms with Gasteiger partial charge in [0.05, 0.1) is 7.11 Å². The van der Waals surface area contributed by atoms with Crippen molar-refractivity contribution >= 4 is 16.9 Å². The normalized spacial score (nSPS) is 15.4. The average Bonchev–Trinajstić information content (AvgIpc) is 3.16. The van der Waals surface area contributed by atoms with Crippen LogP contribution in [0.15, 0.2) is 16.5 Å². The van der Waals surface area contributed by atoms with Gasteiger partial charge in [-0.15, -0.1) is 0 Å². The lowest BCUT2D eigenvalue weighted by molar-refractivity contribution is 0.0663. The molecule has 1 aromatic carbocycles. The number of carboxylic acid groups (broad SMARTS) is 1. The van der Waals surface area contributed by atoms with Gasteiger partial charge in [0.2, 0.25) is 5.76 Å². The SMILES string of the molecule is COc1cc(C(C)(C)C)c2oc(C(=O)O)c(C3CC3)c2c1. The van der Waals surface area contributed by atoms with Crippen molar-refractivity contribution in [3.63, 3.8) is 0 Å². The highest BCUT2D eigenvalue weighted by Gasteiger charge is 2.35. The molecule has 0 amide bonds. The number of hydrogen-bond donors (Lipinski definition) is 1. The van der Waals surface area contributed by atoms with Gasteiger partial charge in [0.1, 0.15) is 11.3 Å². The zero-order chi connectivity index (χ0) is 15.4. The third kappa shape index (κ3) is 2.28. The second-order valence-corrected chi connectivity index (χ2v) is 6.73. The Kier molecular flexibility index (Phi) is 3.01. The Morgan fingerprint density at radius 3 is 2.48 bits per heavy atom. The van der Waals surface area contributed by atoms with Crippen molar-refractivity contribution in [3.8, 4) is 5.75 Å². The van der Waals surface area contributed by atoms with E-state index in [1.165, 1.54) is 0 Å². The molecule has 1 N–H and O–H groups in total. The number of carboxylic acids is 1. The van der Waals surface area contributed by atoms with E-state index in [1.54, 1.807) is 7.11 Å². The molecule has 0 spiro atoms. The van der Waals surface area contributed by atoms with Gasteiger partial charge in [0.15, 0.2) is 0 Å². The zero-order valence-corrected chi connectivity index (χ0v) is 12.8. The molecule has 4 heteroatoms. The van der Waals surface area contributed by atoms with Gasteiger partial charge in [0.25, 0.3) is 0 Å². The number of hydrogen-bond acceptors (Lipinski definition) is 3. The van der Waals surface area contributed by atoms with Crippen LogP contribution in [-0.2, 0) is 5.41 Å². The Labute approximate surface area is 123 Å². The minimum Gasteiger partial charge on any atom is -0.497 e. The molecule has 1 aliphatic carbocycles. The fraction of sp³-hybridized carbons (Fsp3) is 0.471. The van der Waals surface area contributed by atoms with E-state index in [1.807, 2.05) is 12.1 Å². The molecule has 2 aromatic rings. The summed E-state index contributed by atoms with van der Waals surface area (Å²) >= 11 is 0. The van der Waals surface area contributed by atoms with Crippen LogP contribution >= 0.6 is 0 Å². The Hall–Kier alpha value is -1.97. The molecule has 21 heavy (non-hydrogen) atoms. The van der Waals surface area contributed by atoms with Crippen LogP contribution in [0.3, 0.4) is 0 Å². The lowest BCUT2D eigenvalue weighted by atomic mass is 9.85. The molecule has 112 valence electrons. The largest absolute Gasteiger partial charge is 0.497 e. The van der Waals surface area contributed by atoms with Gasteiger partial charge in [-0.2, -0.15) is 0 Å². The minimum atomic E-state index is -0.994. The van der Waals surface area contributed by atoms with Gasteiger partial charge in [0, 0.05) is 16.5 Å². The first-order chi connectivity index (χ1) is 9.82. The Morgan fingerprint density at radius 1 is 1.33 bits per heavy atom. The van der Waals surface area contributed by atoms with Crippen molar-refractivity contribution in [1.82, 2.24) is 0 Å². The second-order valence-electron chi connectivity index (χ2n) is 6.73. The summed E-state index contributed by atoms with van der Waals surface area (Å²) in [5, 5.41) is 10.3. The average molecular weight is 288 g/mol. The summed E-state index contributed by atoms with van der Waals surface area (Å²) in [5.74, 6) is 0.141. The van der Waals surface area contributed by atoms with Gasteiger partial charge in [-0.1, -0.05) is 20.8 Å². The molecule has 3 rings (SSSR count). The maximum absolute atomic E-state index is 11.5. The minimum absolute atomic E-state index is 0.0891. The third-order valence-corrected chi connectivity index (χ3v) is 4.02. The molecular weight excluding hydrogens is 268 g/mol. The maximum Gasteiger partial charge on any atom is 0.372 e. The molecular formula is C17H20O4. The van der Waals surface area contributed by atoms with Crippen molar-refractivity contribution in [1.29, 1.82) is 0 Å². The number of furan rings is 1. The highest BCUT2D eigenvalue weighted by atomic mass is 16.5. The van der Waals surface area contributed by atoms with E-state index in [9.17, 15) is 9.90 Å². The smallest absolute Gasteiger partial charge is 0.372 e. The Balaban J connectivity index is 2.38. The van der Waals surface area contributed by atoms with Crippen LogP contribution in [0, 0.1) is 0 Å². The van der Waals surface area contributed by atoms with Crippen LogP contribution in [-0.4, -0.2) is 18.2 Å². The lowest BCUT2D eigenvalue weighted by Gasteiger charge is -2.20. The molecule has 1 heterocycles. The van der Waals surface area contributed by atoms with Gasteiger partial charge < -0.3 is 14.3 Å². The van der Waals surface area contributed by atoms with Gasteiger partial charge in [-0.25, -0.2) is 4.79 Å². The monoisotopic (exact) mass is 288 g/mol. The standard InChI is InChI=1S/C17H20O4/c1-17(2,3)12-8-10(20-4)7-11-13(9-5-6-9)15(16(18)19)21-14(11)12/h7-9H,5-6H2,1-4H3,(H,18,19).